The molecule has 0 aliphatic carbocycles. The van der Waals surface area contributed by atoms with Crippen molar-refractivity contribution in [3.05, 3.63) is 71.8 Å². The highest BCUT2D eigenvalue weighted by Gasteiger charge is 2.09. The van der Waals surface area contributed by atoms with Gasteiger partial charge in [0, 0.05) is 12.1 Å². The first-order chi connectivity index (χ1) is 11.4. The van der Waals surface area contributed by atoms with E-state index < -0.39 is 24.0 Å². The standard InChI is InChI=1S/2C9H11NO2/c2*10-8(6-9(11)12)7-4-2-1-3-5-7/h2*1-5,8H,6,10H2,(H,11,12). The molecule has 128 valence electrons. The first kappa shape index (κ1) is 19.3. The summed E-state index contributed by atoms with van der Waals surface area (Å²) >= 11 is 0. The fourth-order valence-corrected chi connectivity index (χ4v) is 2.01. The molecular formula is C18H22N2O4. The maximum atomic E-state index is 10.3. The molecule has 0 fully saturated rings. The topological polar surface area (TPSA) is 127 Å². The first-order valence-corrected chi connectivity index (χ1v) is 7.44. The molecule has 24 heavy (non-hydrogen) atoms. The summed E-state index contributed by atoms with van der Waals surface area (Å²) in [6.07, 6.45) is -0.0476. The van der Waals surface area contributed by atoms with Gasteiger partial charge in [0.2, 0.25) is 0 Å². The molecule has 0 bridgehead atoms. The van der Waals surface area contributed by atoms with Gasteiger partial charge in [0.15, 0.2) is 0 Å². The Hall–Kier alpha value is -2.70. The zero-order chi connectivity index (χ0) is 17.9. The Morgan fingerprint density at radius 2 is 1.00 bits per heavy atom. The second kappa shape index (κ2) is 10.1. The minimum Gasteiger partial charge on any atom is -0.481 e. The van der Waals surface area contributed by atoms with E-state index in [2.05, 4.69) is 0 Å². The quantitative estimate of drug-likeness (QED) is 0.644. The number of carboxylic acid groups (broad SMARTS) is 2. The summed E-state index contributed by atoms with van der Waals surface area (Å²) in [6, 6.07) is 17.6. The molecule has 6 N–H and O–H groups in total. The highest BCUT2D eigenvalue weighted by atomic mass is 16.4. The lowest BCUT2D eigenvalue weighted by atomic mass is 10.1. The van der Waals surface area contributed by atoms with E-state index >= 15 is 0 Å². The molecule has 0 aliphatic heterocycles. The van der Waals surface area contributed by atoms with Crippen LogP contribution in [0.25, 0.3) is 0 Å². The summed E-state index contributed by atoms with van der Waals surface area (Å²) in [5, 5.41) is 16.9. The fourth-order valence-electron chi connectivity index (χ4n) is 2.01. The Labute approximate surface area is 140 Å². The van der Waals surface area contributed by atoms with Crippen LogP contribution in [0.3, 0.4) is 0 Å². The smallest absolute Gasteiger partial charge is 0.305 e. The predicted molar refractivity (Wildman–Crippen MR) is 91.2 cm³/mol. The molecule has 2 aromatic rings. The second-order valence-electron chi connectivity index (χ2n) is 5.23. The lowest BCUT2D eigenvalue weighted by Crippen LogP contribution is -2.14. The van der Waals surface area contributed by atoms with E-state index in [4.69, 9.17) is 21.7 Å². The van der Waals surface area contributed by atoms with Gasteiger partial charge < -0.3 is 21.7 Å². The van der Waals surface area contributed by atoms with E-state index in [9.17, 15) is 9.59 Å². The van der Waals surface area contributed by atoms with Crippen LogP contribution in [0.1, 0.15) is 36.1 Å². The van der Waals surface area contributed by atoms with Crippen molar-refractivity contribution in [3.8, 4) is 0 Å². The van der Waals surface area contributed by atoms with Crippen LogP contribution in [0, 0.1) is 0 Å². The third-order valence-corrected chi connectivity index (χ3v) is 3.24. The number of hydrogen-bond donors (Lipinski definition) is 4. The molecule has 2 unspecified atom stereocenters. The summed E-state index contributed by atoms with van der Waals surface area (Å²) in [5.41, 5.74) is 13.0. The lowest BCUT2D eigenvalue weighted by Gasteiger charge is -2.07. The third-order valence-electron chi connectivity index (χ3n) is 3.24. The van der Waals surface area contributed by atoms with Gasteiger partial charge in [0.1, 0.15) is 0 Å². The van der Waals surface area contributed by atoms with Gasteiger partial charge in [-0.15, -0.1) is 0 Å². The van der Waals surface area contributed by atoms with Crippen molar-refractivity contribution in [2.75, 3.05) is 0 Å². The number of nitrogens with two attached hydrogens (primary N) is 2. The Morgan fingerprint density at radius 3 is 1.25 bits per heavy atom. The van der Waals surface area contributed by atoms with Gasteiger partial charge in [-0.3, -0.25) is 9.59 Å². The molecule has 0 aromatic heterocycles. The summed E-state index contributed by atoms with van der Waals surface area (Å²) in [5.74, 6) is -1.74. The maximum absolute atomic E-state index is 10.3. The van der Waals surface area contributed by atoms with Crippen LogP contribution in [-0.2, 0) is 9.59 Å². The first-order valence-electron chi connectivity index (χ1n) is 7.44. The largest absolute Gasteiger partial charge is 0.481 e. The van der Waals surface area contributed by atoms with Gasteiger partial charge in [-0.2, -0.15) is 0 Å². The second-order valence-corrected chi connectivity index (χ2v) is 5.23. The van der Waals surface area contributed by atoms with Gasteiger partial charge in [-0.05, 0) is 11.1 Å². The van der Waals surface area contributed by atoms with E-state index in [0.717, 1.165) is 11.1 Å². The van der Waals surface area contributed by atoms with E-state index in [-0.39, 0.29) is 12.8 Å². The summed E-state index contributed by atoms with van der Waals surface area (Å²) in [7, 11) is 0. The predicted octanol–water partition coefficient (Wildman–Crippen LogP) is 2.32. The number of carboxylic acids is 2. The van der Waals surface area contributed by atoms with Crippen LogP contribution in [0.4, 0.5) is 0 Å². The van der Waals surface area contributed by atoms with Crippen molar-refractivity contribution in [2.45, 2.75) is 24.9 Å². The molecule has 0 spiro atoms. The average molecular weight is 330 g/mol. The highest BCUT2D eigenvalue weighted by molar-refractivity contribution is 5.68. The minimum atomic E-state index is -0.869. The van der Waals surface area contributed by atoms with Crippen molar-refractivity contribution >= 4 is 11.9 Å². The summed E-state index contributed by atoms with van der Waals surface area (Å²) in [4.78, 5) is 20.6. The zero-order valence-electron chi connectivity index (χ0n) is 13.2. The molecule has 2 aromatic carbocycles. The Kier molecular flexibility index (Phi) is 8.18. The van der Waals surface area contributed by atoms with E-state index in [1.807, 2.05) is 60.7 Å². The number of carbonyl (C=O) groups is 2. The van der Waals surface area contributed by atoms with Crippen molar-refractivity contribution < 1.29 is 19.8 Å². The number of hydrogen-bond acceptors (Lipinski definition) is 4. The van der Waals surface area contributed by atoms with Gasteiger partial charge in [0.25, 0.3) is 0 Å². The maximum Gasteiger partial charge on any atom is 0.305 e. The molecule has 0 heterocycles. The van der Waals surface area contributed by atoms with E-state index in [0.29, 0.717) is 0 Å². The van der Waals surface area contributed by atoms with Gasteiger partial charge >= 0.3 is 11.9 Å². The highest BCUT2D eigenvalue weighted by Crippen LogP contribution is 2.13. The summed E-state index contributed by atoms with van der Waals surface area (Å²) in [6.45, 7) is 0. The van der Waals surface area contributed by atoms with Gasteiger partial charge in [0.05, 0.1) is 12.8 Å². The molecule has 0 saturated heterocycles. The number of aliphatic carboxylic acids is 2. The molecule has 6 heteroatoms. The van der Waals surface area contributed by atoms with Crippen LogP contribution in [0.2, 0.25) is 0 Å². The SMILES string of the molecule is NC(CC(=O)O)c1ccccc1.NC(CC(=O)O)c1ccccc1. The number of rotatable bonds is 6. The van der Waals surface area contributed by atoms with Gasteiger partial charge in [-0.1, -0.05) is 60.7 Å². The van der Waals surface area contributed by atoms with Crippen LogP contribution >= 0.6 is 0 Å². The molecule has 0 radical (unpaired) electrons. The molecule has 6 nitrogen and oxygen atoms in total. The third kappa shape index (κ3) is 7.53. The molecule has 0 aliphatic rings. The monoisotopic (exact) mass is 330 g/mol. The van der Waals surface area contributed by atoms with Crippen molar-refractivity contribution in [3.63, 3.8) is 0 Å². The average Bonchev–Trinajstić information content (AvgIpc) is 2.56. The number of benzene rings is 2. The Balaban J connectivity index is 0.000000240. The molecular weight excluding hydrogens is 308 g/mol. The van der Waals surface area contributed by atoms with Crippen LogP contribution in [-0.4, -0.2) is 22.2 Å². The van der Waals surface area contributed by atoms with Crippen LogP contribution < -0.4 is 11.5 Å². The lowest BCUT2D eigenvalue weighted by molar-refractivity contribution is -0.138. The summed E-state index contributed by atoms with van der Waals surface area (Å²) < 4.78 is 0. The fraction of sp³-hybridized carbons (Fsp3) is 0.222. The van der Waals surface area contributed by atoms with Gasteiger partial charge in [-0.25, -0.2) is 0 Å². The molecule has 2 atom stereocenters. The Morgan fingerprint density at radius 1 is 0.708 bits per heavy atom. The minimum absolute atomic E-state index is 0.0238. The Bertz CT molecular complexity index is 574. The normalized spacial score (nSPS) is 12.4. The molecule has 0 amide bonds. The van der Waals surface area contributed by atoms with Crippen molar-refractivity contribution in [1.82, 2.24) is 0 Å². The molecule has 0 saturated carbocycles. The van der Waals surface area contributed by atoms with Crippen LogP contribution in [0.5, 0.6) is 0 Å². The zero-order valence-corrected chi connectivity index (χ0v) is 13.2. The van der Waals surface area contributed by atoms with E-state index in [1.165, 1.54) is 0 Å². The van der Waals surface area contributed by atoms with Crippen molar-refractivity contribution in [2.24, 2.45) is 11.5 Å². The van der Waals surface area contributed by atoms with Crippen molar-refractivity contribution in [1.29, 1.82) is 0 Å². The van der Waals surface area contributed by atoms with E-state index in [1.54, 1.807) is 0 Å². The van der Waals surface area contributed by atoms with Crippen LogP contribution in [0.15, 0.2) is 60.7 Å². The molecule has 2 rings (SSSR count).